The first-order valence-corrected chi connectivity index (χ1v) is 7.27. The second kappa shape index (κ2) is 5.06. The van der Waals surface area contributed by atoms with Gasteiger partial charge in [-0.05, 0) is 13.0 Å². The molecule has 0 saturated carbocycles. The first-order valence-electron chi connectivity index (χ1n) is 5.78. The number of sulfonamides is 1. The first-order chi connectivity index (χ1) is 8.96. The average Bonchev–Trinajstić information content (AvgIpc) is 2.94. The van der Waals surface area contributed by atoms with E-state index in [9.17, 15) is 8.42 Å². The van der Waals surface area contributed by atoms with E-state index in [1.165, 1.54) is 16.9 Å². The lowest BCUT2D eigenvalue weighted by Gasteiger charge is -2.02. The third-order valence-electron chi connectivity index (χ3n) is 2.73. The molecule has 2 heterocycles. The Hall–Kier alpha value is -1.80. The molecule has 19 heavy (non-hydrogen) atoms. The lowest BCUT2D eigenvalue weighted by atomic mass is 10.4. The summed E-state index contributed by atoms with van der Waals surface area (Å²) < 4.78 is 29.9. The number of aryl methyl sites for hydroxylation is 2. The van der Waals surface area contributed by atoms with Gasteiger partial charge in [0, 0.05) is 37.7 Å². The van der Waals surface area contributed by atoms with Gasteiger partial charge in [0.25, 0.3) is 10.0 Å². The van der Waals surface area contributed by atoms with Crippen molar-refractivity contribution >= 4 is 15.8 Å². The van der Waals surface area contributed by atoms with Gasteiger partial charge in [-0.25, -0.2) is 8.42 Å². The SMILES string of the molecule is CCn1cc(S(=O)(=O)Nc2ccn(C)n2)cc1CO. The van der Waals surface area contributed by atoms with Crippen LogP contribution in [0.15, 0.2) is 29.4 Å². The van der Waals surface area contributed by atoms with Crippen LogP contribution in [0, 0.1) is 0 Å². The first kappa shape index (κ1) is 13.6. The third-order valence-corrected chi connectivity index (χ3v) is 4.05. The van der Waals surface area contributed by atoms with Gasteiger partial charge in [-0.2, -0.15) is 5.10 Å². The molecule has 2 rings (SSSR count). The Kier molecular flexibility index (Phi) is 3.63. The van der Waals surface area contributed by atoms with Crippen LogP contribution in [0.1, 0.15) is 12.6 Å². The fourth-order valence-corrected chi connectivity index (χ4v) is 2.82. The Morgan fingerprint density at radius 3 is 2.68 bits per heavy atom. The van der Waals surface area contributed by atoms with Crippen LogP contribution in [0.3, 0.4) is 0 Å². The molecule has 0 amide bonds. The van der Waals surface area contributed by atoms with Crippen molar-refractivity contribution in [2.75, 3.05) is 4.72 Å². The van der Waals surface area contributed by atoms with Crippen molar-refractivity contribution in [2.24, 2.45) is 7.05 Å². The molecule has 0 bridgehead atoms. The van der Waals surface area contributed by atoms with E-state index in [0.29, 0.717) is 12.2 Å². The normalized spacial score (nSPS) is 11.7. The fourth-order valence-electron chi connectivity index (χ4n) is 1.76. The Balaban J connectivity index is 2.31. The van der Waals surface area contributed by atoms with Crippen LogP contribution in [0.2, 0.25) is 0 Å². The maximum atomic E-state index is 12.2. The number of hydrogen-bond acceptors (Lipinski definition) is 4. The van der Waals surface area contributed by atoms with Gasteiger partial charge >= 0.3 is 0 Å². The second-order valence-electron chi connectivity index (χ2n) is 4.09. The molecule has 0 fully saturated rings. The molecule has 0 aliphatic rings. The van der Waals surface area contributed by atoms with E-state index < -0.39 is 10.0 Å². The number of nitrogens with one attached hydrogen (secondary N) is 1. The zero-order chi connectivity index (χ0) is 14.0. The summed E-state index contributed by atoms with van der Waals surface area (Å²) in [5.74, 6) is 0.261. The van der Waals surface area contributed by atoms with E-state index in [1.54, 1.807) is 23.9 Å². The number of nitrogens with zero attached hydrogens (tertiary/aromatic N) is 3. The summed E-state index contributed by atoms with van der Waals surface area (Å²) in [6.07, 6.45) is 3.14. The van der Waals surface area contributed by atoms with E-state index in [1.807, 2.05) is 6.92 Å². The van der Waals surface area contributed by atoms with Gasteiger partial charge < -0.3 is 9.67 Å². The minimum absolute atomic E-state index is 0.115. The summed E-state index contributed by atoms with van der Waals surface area (Å²) >= 11 is 0. The number of rotatable bonds is 5. The molecule has 0 unspecified atom stereocenters. The van der Waals surface area contributed by atoms with Crippen LogP contribution in [0.4, 0.5) is 5.82 Å². The van der Waals surface area contributed by atoms with Gasteiger partial charge in [0.1, 0.15) is 4.90 Å². The highest BCUT2D eigenvalue weighted by atomic mass is 32.2. The number of aromatic nitrogens is 3. The minimum Gasteiger partial charge on any atom is -0.390 e. The topological polar surface area (TPSA) is 89.2 Å². The van der Waals surface area contributed by atoms with Crippen molar-refractivity contribution < 1.29 is 13.5 Å². The molecule has 8 heteroatoms. The molecule has 2 aromatic rings. The lowest BCUT2D eigenvalue weighted by molar-refractivity contribution is 0.271. The van der Waals surface area contributed by atoms with E-state index in [-0.39, 0.29) is 17.3 Å². The molecule has 0 aromatic carbocycles. The Morgan fingerprint density at radius 1 is 1.47 bits per heavy atom. The summed E-state index contributed by atoms with van der Waals surface area (Å²) in [6, 6.07) is 3.02. The highest BCUT2D eigenvalue weighted by molar-refractivity contribution is 7.92. The maximum Gasteiger partial charge on any atom is 0.264 e. The van der Waals surface area contributed by atoms with Crippen molar-refractivity contribution in [2.45, 2.75) is 25.0 Å². The van der Waals surface area contributed by atoms with Crippen LogP contribution in [0.25, 0.3) is 0 Å². The number of aliphatic hydroxyl groups excluding tert-OH is 1. The van der Waals surface area contributed by atoms with Gasteiger partial charge in [-0.3, -0.25) is 9.40 Å². The summed E-state index contributed by atoms with van der Waals surface area (Å²) in [5.41, 5.74) is 0.559. The average molecular weight is 284 g/mol. The van der Waals surface area contributed by atoms with Gasteiger partial charge in [-0.1, -0.05) is 0 Å². The molecular weight excluding hydrogens is 268 g/mol. The summed E-state index contributed by atoms with van der Waals surface area (Å²) in [6.45, 7) is 2.27. The van der Waals surface area contributed by atoms with Crippen molar-refractivity contribution in [1.29, 1.82) is 0 Å². The molecule has 0 aliphatic carbocycles. The summed E-state index contributed by atoms with van der Waals surface area (Å²) in [5, 5.41) is 13.1. The molecule has 104 valence electrons. The van der Waals surface area contributed by atoms with Crippen molar-refractivity contribution in [3.63, 3.8) is 0 Å². The van der Waals surface area contributed by atoms with Crippen molar-refractivity contribution in [3.8, 4) is 0 Å². The Morgan fingerprint density at radius 2 is 2.21 bits per heavy atom. The van der Waals surface area contributed by atoms with E-state index in [4.69, 9.17) is 5.11 Å². The Labute approximate surface area is 111 Å². The fraction of sp³-hybridized carbons (Fsp3) is 0.364. The van der Waals surface area contributed by atoms with Crippen LogP contribution in [-0.2, 0) is 30.2 Å². The molecule has 0 atom stereocenters. The molecule has 0 spiro atoms. The van der Waals surface area contributed by atoms with Crippen molar-refractivity contribution in [1.82, 2.24) is 14.3 Å². The van der Waals surface area contributed by atoms with Crippen LogP contribution in [-0.4, -0.2) is 27.9 Å². The molecule has 0 radical (unpaired) electrons. The molecule has 7 nitrogen and oxygen atoms in total. The lowest BCUT2D eigenvalue weighted by Crippen LogP contribution is -2.13. The van der Waals surface area contributed by atoms with Crippen LogP contribution in [0.5, 0.6) is 0 Å². The van der Waals surface area contributed by atoms with Crippen molar-refractivity contribution in [3.05, 3.63) is 30.2 Å². The highest BCUT2D eigenvalue weighted by Crippen LogP contribution is 2.17. The minimum atomic E-state index is -3.68. The quantitative estimate of drug-likeness (QED) is 0.838. The van der Waals surface area contributed by atoms with Crippen LogP contribution >= 0.6 is 0 Å². The largest absolute Gasteiger partial charge is 0.390 e. The zero-order valence-corrected chi connectivity index (χ0v) is 11.6. The standard InChI is InChI=1S/C11H16N4O3S/c1-3-15-7-10(6-9(15)8-16)19(17,18)13-11-4-5-14(2)12-11/h4-7,16H,3,8H2,1-2H3,(H,12,13). The maximum absolute atomic E-state index is 12.2. The monoisotopic (exact) mass is 284 g/mol. The molecule has 0 saturated heterocycles. The number of anilines is 1. The molecular formula is C11H16N4O3S. The van der Waals surface area contributed by atoms with E-state index in [2.05, 4.69) is 9.82 Å². The Bertz CT molecular complexity index is 650. The van der Waals surface area contributed by atoms with E-state index >= 15 is 0 Å². The summed E-state index contributed by atoms with van der Waals surface area (Å²) in [7, 11) is -1.98. The second-order valence-corrected chi connectivity index (χ2v) is 5.77. The summed E-state index contributed by atoms with van der Waals surface area (Å²) in [4.78, 5) is 0.115. The predicted molar refractivity (Wildman–Crippen MR) is 70.0 cm³/mol. The van der Waals surface area contributed by atoms with Gasteiger partial charge in [-0.15, -0.1) is 0 Å². The van der Waals surface area contributed by atoms with E-state index in [0.717, 1.165) is 0 Å². The highest BCUT2D eigenvalue weighted by Gasteiger charge is 2.18. The van der Waals surface area contributed by atoms with Gasteiger partial charge in [0.05, 0.1) is 6.61 Å². The number of aliphatic hydroxyl groups is 1. The third kappa shape index (κ3) is 2.79. The number of hydrogen-bond donors (Lipinski definition) is 2. The smallest absolute Gasteiger partial charge is 0.264 e. The molecule has 2 N–H and O–H groups in total. The molecule has 2 aromatic heterocycles. The predicted octanol–water partition coefficient (Wildman–Crippen LogP) is 0.535. The van der Waals surface area contributed by atoms with Crippen LogP contribution < -0.4 is 4.72 Å². The van der Waals surface area contributed by atoms with Gasteiger partial charge in [0.2, 0.25) is 0 Å². The zero-order valence-electron chi connectivity index (χ0n) is 10.7. The molecule has 0 aliphatic heterocycles. The van der Waals surface area contributed by atoms with Gasteiger partial charge in [0.15, 0.2) is 5.82 Å².